The molecule has 0 fully saturated rings. The Labute approximate surface area is 154 Å². The Bertz CT molecular complexity index is 1160. The maximum Gasteiger partial charge on any atom is 0.183 e. The third-order valence-electron chi connectivity index (χ3n) is 4.81. The number of ether oxygens (including phenoxy) is 1. The summed E-state index contributed by atoms with van der Waals surface area (Å²) < 4.78 is 21.4. The Balaban J connectivity index is 1.66. The van der Waals surface area contributed by atoms with E-state index in [1.807, 2.05) is 41.0 Å². The fourth-order valence-corrected chi connectivity index (χ4v) is 3.52. The summed E-state index contributed by atoms with van der Waals surface area (Å²) in [4.78, 5) is 4.71. The number of aromatic nitrogens is 4. The maximum absolute atomic E-state index is 13.8. The second-order valence-corrected chi connectivity index (χ2v) is 6.51. The zero-order valence-corrected chi connectivity index (χ0v) is 14.3. The van der Waals surface area contributed by atoms with Crippen molar-refractivity contribution in [3.8, 4) is 11.5 Å². The standard InChI is InChI=1S/C20H16FN5O/c21-13-4-1-3-12(9-13)18-10-27-11-19-24-25-20(26(18)19)17-8-7-14-15(22)5-2-6-16(14)23-17/h1-9,18H,10-11,22H2/t18-/m0/s1. The van der Waals surface area contributed by atoms with Crippen molar-refractivity contribution in [3.63, 3.8) is 0 Å². The molecule has 0 saturated carbocycles. The van der Waals surface area contributed by atoms with Crippen LogP contribution in [0.4, 0.5) is 10.1 Å². The smallest absolute Gasteiger partial charge is 0.183 e. The molecule has 1 aliphatic heterocycles. The lowest BCUT2D eigenvalue weighted by molar-refractivity contribution is 0.0667. The van der Waals surface area contributed by atoms with Crippen molar-refractivity contribution < 1.29 is 9.13 Å². The summed E-state index contributed by atoms with van der Waals surface area (Å²) >= 11 is 0. The Morgan fingerprint density at radius 3 is 2.85 bits per heavy atom. The summed E-state index contributed by atoms with van der Waals surface area (Å²) in [5.74, 6) is 1.04. The minimum atomic E-state index is -0.284. The van der Waals surface area contributed by atoms with Gasteiger partial charge in [-0.05, 0) is 42.0 Å². The summed E-state index contributed by atoms with van der Waals surface area (Å²) in [5.41, 5.74) is 8.99. The van der Waals surface area contributed by atoms with Crippen LogP contribution in [-0.2, 0) is 11.3 Å². The van der Waals surface area contributed by atoms with Gasteiger partial charge in [-0.15, -0.1) is 10.2 Å². The van der Waals surface area contributed by atoms with Gasteiger partial charge in [-0.25, -0.2) is 9.37 Å². The first-order valence-electron chi connectivity index (χ1n) is 8.63. The molecule has 2 aromatic heterocycles. The molecule has 1 aliphatic rings. The van der Waals surface area contributed by atoms with Crippen LogP contribution in [0.3, 0.4) is 0 Å². The average molecular weight is 361 g/mol. The van der Waals surface area contributed by atoms with Crippen molar-refractivity contribution in [2.45, 2.75) is 12.6 Å². The minimum absolute atomic E-state index is 0.215. The van der Waals surface area contributed by atoms with Crippen LogP contribution in [0, 0.1) is 5.82 Å². The van der Waals surface area contributed by atoms with E-state index in [0.29, 0.717) is 36.2 Å². The maximum atomic E-state index is 13.8. The van der Waals surface area contributed by atoms with E-state index in [1.165, 1.54) is 12.1 Å². The van der Waals surface area contributed by atoms with Crippen molar-refractivity contribution >= 4 is 16.6 Å². The van der Waals surface area contributed by atoms with Gasteiger partial charge in [-0.2, -0.15) is 0 Å². The summed E-state index contributed by atoms with van der Waals surface area (Å²) in [6.07, 6.45) is 0. The second kappa shape index (κ2) is 6.14. The van der Waals surface area contributed by atoms with E-state index in [0.717, 1.165) is 16.5 Å². The zero-order chi connectivity index (χ0) is 18.4. The molecule has 27 heavy (non-hydrogen) atoms. The van der Waals surface area contributed by atoms with Crippen molar-refractivity contribution in [3.05, 3.63) is 71.8 Å². The van der Waals surface area contributed by atoms with Gasteiger partial charge in [0.1, 0.15) is 18.1 Å². The van der Waals surface area contributed by atoms with Gasteiger partial charge >= 0.3 is 0 Å². The highest BCUT2D eigenvalue weighted by Gasteiger charge is 2.28. The number of hydrogen-bond acceptors (Lipinski definition) is 5. The number of nitrogen functional groups attached to an aromatic ring is 1. The normalized spacial score (nSPS) is 16.4. The van der Waals surface area contributed by atoms with E-state index < -0.39 is 0 Å². The van der Waals surface area contributed by atoms with E-state index >= 15 is 0 Å². The molecule has 7 heteroatoms. The van der Waals surface area contributed by atoms with Gasteiger partial charge in [0.05, 0.1) is 18.2 Å². The minimum Gasteiger partial charge on any atom is -0.398 e. The highest BCUT2D eigenvalue weighted by atomic mass is 19.1. The highest BCUT2D eigenvalue weighted by molar-refractivity contribution is 5.91. The molecule has 4 aromatic rings. The SMILES string of the molecule is Nc1cccc2nc(-c3nnc4n3[C@H](c3cccc(F)c3)COC4)ccc12. The molecule has 0 aliphatic carbocycles. The third kappa shape index (κ3) is 2.63. The lowest BCUT2D eigenvalue weighted by Gasteiger charge is -2.26. The first kappa shape index (κ1) is 15.9. The summed E-state index contributed by atoms with van der Waals surface area (Å²) in [5, 5.41) is 9.49. The molecule has 0 amide bonds. The molecule has 0 unspecified atom stereocenters. The summed E-state index contributed by atoms with van der Waals surface area (Å²) in [6, 6.07) is 15.8. The first-order chi connectivity index (χ1) is 13.2. The summed E-state index contributed by atoms with van der Waals surface area (Å²) in [6.45, 7) is 0.779. The zero-order valence-electron chi connectivity index (χ0n) is 14.3. The number of hydrogen-bond donors (Lipinski definition) is 1. The highest BCUT2D eigenvalue weighted by Crippen LogP contribution is 2.31. The molecule has 6 nitrogen and oxygen atoms in total. The van der Waals surface area contributed by atoms with Crippen LogP contribution in [0.1, 0.15) is 17.4 Å². The molecular formula is C20H16FN5O. The van der Waals surface area contributed by atoms with Gasteiger partial charge in [0.2, 0.25) is 0 Å². The van der Waals surface area contributed by atoms with E-state index in [9.17, 15) is 4.39 Å². The Hall–Kier alpha value is -3.32. The van der Waals surface area contributed by atoms with Crippen LogP contribution >= 0.6 is 0 Å². The number of pyridine rings is 1. The molecule has 0 bridgehead atoms. The number of benzene rings is 2. The second-order valence-electron chi connectivity index (χ2n) is 6.51. The fraction of sp³-hybridized carbons (Fsp3) is 0.150. The lowest BCUT2D eigenvalue weighted by Crippen LogP contribution is -2.25. The van der Waals surface area contributed by atoms with Gasteiger partial charge < -0.3 is 10.5 Å². The topological polar surface area (TPSA) is 78.9 Å². The Kier molecular flexibility index (Phi) is 3.61. The molecule has 0 saturated heterocycles. The number of anilines is 1. The van der Waals surface area contributed by atoms with Crippen LogP contribution in [0.2, 0.25) is 0 Å². The molecule has 2 aromatic carbocycles. The van der Waals surface area contributed by atoms with Crippen LogP contribution in [-0.4, -0.2) is 26.4 Å². The Morgan fingerprint density at radius 2 is 1.96 bits per heavy atom. The fourth-order valence-electron chi connectivity index (χ4n) is 3.52. The first-order valence-corrected chi connectivity index (χ1v) is 8.63. The number of rotatable bonds is 2. The van der Waals surface area contributed by atoms with E-state index in [4.69, 9.17) is 15.5 Å². The number of nitrogens with two attached hydrogens (primary N) is 1. The molecule has 2 N–H and O–H groups in total. The molecule has 134 valence electrons. The van der Waals surface area contributed by atoms with Crippen molar-refractivity contribution in [2.24, 2.45) is 0 Å². The third-order valence-corrected chi connectivity index (χ3v) is 4.81. The van der Waals surface area contributed by atoms with Crippen LogP contribution in [0.15, 0.2) is 54.6 Å². The van der Waals surface area contributed by atoms with Gasteiger partial charge in [0.15, 0.2) is 11.6 Å². The van der Waals surface area contributed by atoms with Crippen LogP contribution in [0.5, 0.6) is 0 Å². The Morgan fingerprint density at radius 1 is 1.07 bits per heavy atom. The molecule has 5 rings (SSSR count). The number of halogens is 1. The molecule has 0 spiro atoms. The van der Waals surface area contributed by atoms with Gasteiger partial charge in [-0.3, -0.25) is 4.57 Å². The van der Waals surface area contributed by atoms with Crippen LogP contribution in [0.25, 0.3) is 22.4 Å². The van der Waals surface area contributed by atoms with E-state index in [2.05, 4.69) is 10.2 Å². The van der Waals surface area contributed by atoms with Crippen molar-refractivity contribution in [1.29, 1.82) is 0 Å². The van der Waals surface area contributed by atoms with Crippen molar-refractivity contribution in [1.82, 2.24) is 19.7 Å². The quantitative estimate of drug-likeness (QED) is 0.554. The summed E-state index contributed by atoms with van der Waals surface area (Å²) in [7, 11) is 0. The molecule has 3 heterocycles. The van der Waals surface area contributed by atoms with E-state index in [1.54, 1.807) is 6.07 Å². The largest absolute Gasteiger partial charge is 0.398 e. The van der Waals surface area contributed by atoms with Gasteiger partial charge in [-0.1, -0.05) is 18.2 Å². The van der Waals surface area contributed by atoms with Gasteiger partial charge in [0, 0.05) is 11.1 Å². The lowest BCUT2D eigenvalue weighted by atomic mass is 10.1. The predicted molar refractivity (Wildman–Crippen MR) is 99.4 cm³/mol. The molecular weight excluding hydrogens is 345 g/mol. The number of nitrogens with zero attached hydrogens (tertiary/aromatic N) is 4. The van der Waals surface area contributed by atoms with Crippen LogP contribution < -0.4 is 5.73 Å². The van der Waals surface area contributed by atoms with Gasteiger partial charge in [0.25, 0.3) is 0 Å². The average Bonchev–Trinajstić information content (AvgIpc) is 3.12. The van der Waals surface area contributed by atoms with Crippen molar-refractivity contribution in [2.75, 3.05) is 12.3 Å². The van der Waals surface area contributed by atoms with E-state index in [-0.39, 0.29) is 11.9 Å². The molecule has 1 atom stereocenters. The predicted octanol–water partition coefficient (Wildman–Crippen LogP) is 3.33. The number of fused-ring (bicyclic) bond motifs is 2. The monoisotopic (exact) mass is 361 g/mol. The molecule has 0 radical (unpaired) electrons.